The Morgan fingerprint density at radius 2 is 1.73 bits per heavy atom. The van der Waals surface area contributed by atoms with Crippen LogP contribution in [0.25, 0.3) is 0 Å². The van der Waals surface area contributed by atoms with E-state index >= 15 is 0 Å². The third-order valence-corrected chi connectivity index (χ3v) is 5.93. The van der Waals surface area contributed by atoms with Gasteiger partial charge in [0.1, 0.15) is 5.82 Å². The molecule has 8 nitrogen and oxygen atoms in total. The van der Waals surface area contributed by atoms with Gasteiger partial charge in [-0.2, -0.15) is 0 Å². The number of carbonyl (C=O) groups is 2. The minimum Gasteiger partial charge on any atom is -0.454 e. The van der Waals surface area contributed by atoms with Gasteiger partial charge < -0.3 is 25.0 Å². The second kappa shape index (κ2) is 10.5. The highest BCUT2D eigenvalue weighted by molar-refractivity contribution is 6.35. The van der Waals surface area contributed by atoms with E-state index in [2.05, 4.69) is 15.5 Å². The summed E-state index contributed by atoms with van der Waals surface area (Å²) in [5.41, 5.74) is 1.55. The standard InChI is InChI=1S/C24H29FN4O4/c1-2-9-26-23(30)24(31)27-15-20(17-7-8-21-22(14-17)33-16-32-21)29-12-10-28(11-13-29)19-6-4-3-5-18(19)25/h3-8,14,20H,2,9-13,15-16H2,1H3,(H,26,30)(H,27,31)/t20-/m0/s1. The first-order chi connectivity index (χ1) is 16.1. The second-order valence-corrected chi connectivity index (χ2v) is 8.07. The second-order valence-electron chi connectivity index (χ2n) is 8.07. The molecule has 2 aromatic rings. The lowest BCUT2D eigenvalue weighted by Gasteiger charge is -2.40. The minimum absolute atomic E-state index is 0.176. The Morgan fingerprint density at radius 3 is 2.48 bits per heavy atom. The predicted molar refractivity (Wildman–Crippen MR) is 122 cm³/mol. The van der Waals surface area contributed by atoms with E-state index < -0.39 is 11.8 Å². The Labute approximate surface area is 192 Å². The van der Waals surface area contributed by atoms with Gasteiger partial charge in [-0.3, -0.25) is 14.5 Å². The monoisotopic (exact) mass is 456 g/mol. The van der Waals surface area contributed by atoms with Gasteiger partial charge in [-0.25, -0.2) is 4.39 Å². The topological polar surface area (TPSA) is 83.1 Å². The summed E-state index contributed by atoms with van der Waals surface area (Å²) in [6.07, 6.45) is 0.755. The van der Waals surface area contributed by atoms with Gasteiger partial charge in [0.15, 0.2) is 11.5 Å². The number of fused-ring (bicyclic) bond motifs is 1. The molecule has 2 amide bonds. The minimum atomic E-state index is -0.654. The van der Waals surface area contributed by atoms with Crippen LogP contribution in [-0.4, -0.2) is 62.8 Å². The zero-order valence-electron chi connectivity index (χ0n) is 18.7. The number of halogens is 1. The van der Waals surface area contributed by atoms with E-state index in [4.69, 9.17) is 9.47 Å². The molecule has 0 unspecified atom stereocenters. The normalized spacial score (nSPS) is 16.4. The summed E-state index contributed by atoms with van der Waals surface area (Å²) >= 11 is 0. The number of para-hydroxylation sites is 1. The van der Waals surface area contributed by atoms with E-state index in [-0.39, 0.29) is 25.2 Å². The molecule has 2 aliphatic heterocycles. The Bertz CT molecular complexity index is 994. The molecule has 0 spiro atoms. The highest BCUT2D eigenvalue weighted by Crippen LogP contribution is 2.35. The lowest BCUT2D eigenvalue weighted by molar-refractivity contribution is -0.139. The summed E-state index contributed by atoms with van der Waals surface area (Å²) in [7, 11) is 0. The van der Waals surface area contributed by atoms with Crippen molar-refractivity contribution in [1.29, 1.82) is 0 Å². The van der Waals surface area contributed by atoms with E-state index in [0.29, 0.717) is 49.9 Å². The van der Waals surface area contributed by atoms with Crippen molar-refractivity contribution in [3.05, 3.63) is 53.8 Å². The molecule has 0 aliphatic carbocycles. The van der Waals surface area contributed by atoms with Gasteiger partial charge in [0, 0.05) is 39.3 Å². The molecule has 0 bridgehead atoms. The summed E-state index contributed by atoms with van der Waals surface area (Å²) in [6, 6.07) is 12.3. The molecule has 176 valence electrons. The van der Waals surface area contributed by atoms with Gasteiger partial charge in [0.25, 0.3) is 0 Å². The number of ether oxygens (including phenoxy) is 2. The number of anilines is 1. The number of hydrogen-bond acceptors (Lipinski definition) is 6. The number of carbonyl (C=O) groups excluding carboxylic acids is 2. The smallest absolute Gasteiger partial charge is 0.309 e. The number of hydrogen-bond donors (Lipinski definition) is 2. The maximum atomic E-state index is 14.2. The third-order valence-electron chi connectivity index (χ3n) is 5.93. The zero-order chi connectivity index (χ0) is 23.2. The number of nitrogens with one attached hydrogen (secondary N) is 2. The number of rotatable bonds is 7. The van der Waals surface area contributed by atoms with E-state index in [1.165, 1.54) is 6.07 Å². The molecule has 4 rings (SSSR count). The number of piperazine rings is 1. The van der Waals surface area contributed by atoms with Crippen LogP contribution in [0.3, 0.4) is 0 Å². The van der Waals surface area contributed by atoms with Crippen molar-refractivity contribution < 1.29 is 23.5 Å². The zero-order valence-corrected chi connectivity index (χ0v) is 18.7. The molecule has 2 aliphatic rings. The first-order valence-corrected chi connectivity index (χ1v) is 11.3. The van der Waals surface area contributed by atoms with Crippen LogP contribution in [0.1, 0.15) is 24.9 Å². The van der Waals surface area contributed by atoms with E-state index in [1.54, 1.807) is 12.1 Å². The average Bonchev–Trinajstić information content (AvgIpc) is 3.31. The van der Waals surface area contributed by atoms with Crippen molar-refractivity contribution in [2.24, 2.45) is 0 Å². The number of amides is 2. The highest BCUT2D eigenvalue weighted by Gasteiger charge is 2.28. The predicted octanol–water partition coefficient (Wildman–Crippen LogP) is 2.06. The molecule has 1 fully saturated rings. The molecule has 2 N–H and O–H groups in total. The third kappa shape index (κ3) is 5.36. The SMILES string of the molecule is CCCNC(=O)C(=O)NC[C@@H](c1ccc2c(c1)OCO2)N1CCN(c2ccccc2F)CC1. The van der Waals surface area contributed by atoms with Crippen LogP contribution in [0.15, 0.2) is 42.5 Å². The Kier molecular flexibility index (Phi) is 7.29. The van der Waals surface area contributed by atoms with Crippen LogP contribution in [0.2, 0.25) is 0 Å². The van der Waals surface area contributed by atoms with Crippen molar-refractivity contribution in [1.82, 2.24) is 15.5 Å². The van der Waals surface area contributed by atoms with Crippen molar-refractivity contribution in [2.75, 3.05) is 51.0 Å². The lowest BCUT2D eigenvalue weighted by Crippen LogP contribution is -2.51. The highest BCUT2D eigenvalue weighted by atomic mass is 19.1. The first-order valence-electron chi connectivity index (χ1n) is 11.3. The number of benzene rings is 2. The molecular weight excluding hydrogens is 427 g/mol. The molecule has 9 heteroatoms. The van der Waals surface area contributed by atoms with Crippen LogP contribution in [0.5, 0.6) is 11.5 Å². The molecule has 0 aromatic heterocycles. The molecule has 0 radical (unpaired) electrons. The summed E-state index contributed by atoms with van der Waals surface area (Å²) in [5.74, 6) is -0.173. The van der Waals surface area contributed by atoms with Crippen LogP contribution < -0.4 is 25.0 Å². The van der Waals surface area contributed by atoms with Crippen molar-refractivity contribution in [3.8, 4) is 11.5 Å². The molecule has 33 heavy (non-hydrogen) atoms. The first kappa shape index (κ1) is 22.8. The van der Waals surface area contributed by atoms with Gasteiger partial charge in [0.05, 0.1) is 11.7 Å². The van der Waals surface area contributed by atoms with Crippen molar-refractivity contribution in [2.45, 2.75) is 19.4 Å². The molecule has 2 heterocycles. The van der Waals surface area contributed by atoms with Crippen LogP contribution >= 0.6 is 0 Å². The summed E-state index contributed by atoms with van der Waals surface area (Å²) in [4.78, 5) is 28.6. The molecule has 0 saturated carbocycles. The quantitative estimate of drug-likeness (QED) is 0.621. The maximum absolute atomic E-state index is 14.2. The van der Waals surface area contributed by atoms with E-state index in [9.17, 15) is 14.0 Å². The Morgan fingerprint density at radius 1 is 1.00 bits per heavy atom. The number of nitrogens with zero attached hydrogens (tertiary/aromatic N) is 2. The maximum Gasteiger partial charge on any atom is 0.309 e. The molecule has 1 atom stereocenters. The Hall–Kier alpha value is -3.33. The van der Waals surface area contributed by atoms with Gasteiger partial charge >= 0.3 is 11.8 Å². The molecule has 1 saturated heterocycles. The fourth-order valence-electron chi connectivity index (χ4n) is 4.15. The molecular formula is C24H29FN4O4. The van der Waals surface area contributed by atoms with E-state index in [1.807, 2.05) is 36.1 Å². The van der Waals surface area contributed by atoms with Gasteiger partial charge in [-0.1, -0.05) is 25.1 Å². The lowest BCUT2D eigenvalue weighted by atomic mass is 10.0. The fraction of sp³-hybridized carbons (Fsp3) is 0.417. The molecule has 2 aromatic carbocycles. The fourth-order valence-corrected chi connectivity index (χ4v) is 4.15. The Balaban J connectivity index is 1.47. The van der Waals surface area contributed by atoms with Gasteiger partial charge in [0.2, 0.25) is 6.79 Å². The summed E-state index contributed by atoms with van der Waals surface area (Å²) < 4.78 is 25.2. The van der Waals surface area contributed by atoms with Gasteiger partial charge in [-0.05, 0) is 36.2 Å². The average molecular weight is 457 g/mol. The van der Waals surface area contributed by atoms with Gasteiger partial charge in [-0.15, -0.1) is 0 Å². The summed E-state index contributed by atoms with van der Waals surface area (Å²) in [6.45, 7) is 5.46. The van der Waals surface area contributed by atoms with Crippen LogP contribution in [0, 0.1) is 5.82 Å². The van der Waals surface area contributed by atoms with Crippen molar-refractivity contribution in [3.63, 3.8) is 0 Å². The van der Waals surface area contributed by atoms with Crippen LogP contribution in [0.4, 0.5) is 10.1 Å². The largest absolute Gasteiger partial charge is 0.454 e. The van der Waals surface area contributed by atoms with E-state index in [0.717, 1.165) is 12.0 Å². The van der Waals surface area contributed by atoms with Crippen molar-refractivity contribution >= 4 is 17.5 Å². The summed E-state index contributed by atoms with van der Waals surface area (Å²) in [5, 5.41) is 5.36. The van der Waals surface area contributed by atoms with Crippen LogP contribution in [-0.2, 0) is 9.59 Å².